The maximum absolute atomic E-state index is 18.0. The summed E-state index contributed by atoms with van der Waals surface area (Å²) in [5.41, 5.74) is 0.895. The lowest BCUT2D eigenvalue weighted by molar-refractivity contribution is -0.180. The summed E-state index contributed by atoms with van der Waals surface area (Å²) < 4.78 is 127. The van der Waals surface area contributed by atoms with Gasteiger partial charge in [-0.25, -0.2) is 9.59 Å². The van der Waals surface area contributed by atoms with Crippen molar-refractivity contribution in [1.29, 1.82) is 0 Å². The molecular formula is C104H98F4N6O12Si. The lowest BCUT2D eigenvalue weighted by Crippen LogP contribution is -2.50. The molecule has 2 fully saturated rings. The van der Waals surface area contributed by atoms with Gasteiger partial charge < -0.3 is 57.7 Å². The molecule has 14 aromatic rings. The first-order valence-corrected chi connectivity index (χ1v) is 44.6. The topological polar surface area (TPSA) is 194 Å². The lowest BCUT2D eigenvalue weighted by Gasteiger charge is -2.41. The number of carbonyl (C=O) groups is 1. The first-order valence-electron chi connectivity index (χ1n) is 41.7. The molecule has 2 aromatic heterocycles. The van der Waals surface area contributed by atoms with Crippen molar-refractivity contribution in [3.8, 4) is 23.0 Å². The van der Waals surface area contributed by atoms with E-state index in [-0.39, 0.29) is 29.6 Å². The molecule has 0 aliphatic carbocycles. The number of aldehydes is 1. The van der Waals surface area contributed by atoms with Crippen LogP contribution in [0.2, 0.25) is 18.1 Å². The number of hydrogen-bond acceptors (Lipinski definition) is 16. The standard InChI is InChI=1S/C55H57F2N3O6Si.C49H41F2N3O6/c1-52(2,3)67(6,7)64-38-47-49(66-54(42-24-16-10-17-25-42,43-26-18-11-19-27-43)44-30-34-46(63-5)35-31-44)55(56,57)50(65-47)60-37-36-48(58-51(60)61)59-53(39-20-12-8-13-21-39,40-22-14-9-15-23-40)41-28-32-45(62-4)33-29-41;1-57-40-27-23-36(24-28-40)47(34-15-7-3-8-16-34,35-17-9-4-10-18-35)53-43-31-32-54(46(56)52-43)45-49(50,51)44(42(33-55)59-45)60-48(37-19-11-5-12-20-37,38-21-13-6-14-22-38)39-25-29-41(58-2)30-26-39/h8-37,47,49-50H,38H2,1-7H3,(H,58,59,61);3-33,42,44-45H,1-2H3,(H,52,53,56)/t47-,49-,50?;42-,44-,45?/m11/s1. The molecule has 127 heavy (non-hydrogen) atoms. The van der Waals surface area contributed by atoms with Gasteiger partial charge in [0.25, 0.3) is 0 Å². The van der Waals surface area contributed by atoms with E-state index in [2.05, 4.69) is 54.5 Å². The maximum atomic E-state index is 18.0. The van der Waals surface area contributed by atoms with Crippen molar-refractivity contribution >= 4 is 26.2 Å². The Labute approximate surface area is 736 Å². The number of hydrogen-bond donors (Lipinski definition) is 2. The summed E-state index contributed by atoms with van der Waals surface area (Å²) in [4.78, 5) is 50.0. The molecular weight excluding hydrogens is 1630 g/mol. The third-order valence-corrected chi connectivity index (χ3v) is 28.7. The molecule has 4 heterocycles. The van der Waals surface area contributed by atoms with E-state index in [1.54, 1.807) is 106 Å². The van der Waals surface area contributed by atoms with Crippen molar-refractivity contribution in [3.63, 3.8) is 0 Å². The van der Waals surface area contributed by atoms with Crippen LogP contribution in [0.1, 0.15) is 100.0 Å². The average molecular weight is 1730 g/mol. The summed E-state index contributed by atoms with van der Waals surface area (Å²) in [6, 6.07) is 107. The number of methoxy groups -OCH3 is 4. The summed E-state index contributed by atoms with van der Waals surface area (Å²) >= 11 is 0. The molecule has 0 bridgehead atoms. The monoisotopic (exact) mass is 1730 g/mol. The Hall–Kier alpha value is -13.4. The Kier molecular flexibility index (Phi) is 26.1. The zero-order chi connectivity index (χ0) is 89.2. The molecule has 2 aliphatic rings. The van der Waals surface area contributed by atoms with E-state index in [4.69, 9.17) is 42.3 Å². The summed E-state index contributed by atoms with van der Waals surface area (Å²) in [5, 5.41) is 6.83. The Balaban J connectivity index is 0.000000197. The molecule has 2 N–H and O–H groups in total. The van der Waals surface area contributed by atoms with Crippen LogP contribution in [0.5, 0.6) is 23.0 Å². The van der Waals surface area contributed by atoms with Gasteiger partial charge in [-0.15, -0.1) is 0 Å². The van der Waals surface area contributed by atoms with Crippen molar-refractivity contribution in [1.82, 2.24) is 19.1 Å². The van der Waals surface area contributed by atoms with Crippen LogP contribution in [-0.4, -0.2) is 105 Å². The van der Waals surface area contributed by atoms with Gasteiger partial charge in [0.15, 0.2) is 26.8 Å². The number of benzene rings is 12. The van der Waals surface area contributed by atoms with E-state index in [0.29, 0.717) is 60.9 Å². The van der Waals surface area contributed by atoms with Crippen LogP contribution in [0.4, 0.5) is 29.2 Å². The molecule has 6 atom stereocenters. The van der Waals surface area contributed by atoms with Gasteiger partial charge in [0.1, 0.15) is 69.1 Å². The molecule has 0 spiro atoms. The lowest BCUT2D eigenvalue weighted by atomic mass is 9.77. The minimum Gasteiger partial charge on any atom is -0.497 e. The second-order valence-electron chi connectivity index (χ2n) is 32.6. The number of nitrogens with one attached hydrogen (secondary N) is 2. The molecule has 0 amide bonds. The normalized spacial score (nSPS) is 17.5. The van der Waals surface area contributed by atoms with Crippen molar-refractivity contribution in [3.05, 3.63) is 452 Å². The van der Waals surface area contributed by atoms with Gasteiger partial charge in [0, 0.05) is 12.4 Å². The molecule has 2 unspecified atom stereocenters. The Bertz CT molecular complexity index is 5940. The summed E-state index contributed by atoms with van der Waals surface area (Å²) in [6.45, 7) is 10.1. The van der Waals surface area contributed by atoms with E-state index in [1.165, 1.54) is 31.6 Å². The van der Waals surface area contributed by atoms with E-state index in [9.17, 15) is 14.4 Å². The smallest absolute Gasteiger partial charge is 0.351 e. The van der Waals surface area contributed by atoms with Crippen LogP contribution in [0.15, 0.2) is 374 Å². The van der Waals surface area contributed by atoms with E-state index in [0.717, 1.165) is 37.9 Å². The number of nitrogens with zero attached hydrogens (tertiary/aromatic N) is 4. The summed E-state index contributed by atoms with van der Waals surface area (Å²) in [7, 11) is 3.76. The fraction of sp³-hybridized carbons (Fsp3) is 0.221. The number of ether oxygens (including phenoxy) is 8. The predicted molar refractivity (Wildman–Crippen MR) is 484 cm³/mol. The number of carbonyl (C=O) groups excluding carboxylic acids is 1. The number of aromatic nitrogens is 4. The van der Waals surface area contributed by atoms with Crippen molar-refractivity contribution in [2.75, 3.05) is 45.7 Å². The highest BCUT2D eigenvalue weighted by Gasteiger charge is 2.66. The zero-order valence-corrected chi connectivity index (χ0v) is 72.6. The molecule has 648 valence electrons. The highest BCUT2D eigenvalue weighted by atomic mass is 28.4. The third kappa shape index (κ3) is 17.4. The maximum Gasteiger partial charge on any atom is 0.351 e. The zero-order valence-electron chi connectivity index (χ0n) is 71.6. The third-order valence-electron chi connectivity index (χ3n) is 24.2. The molecule has 23 heteroatoms. The van der Waals surface area contributed by atoms with Gasteiger partial charge in [0.05, 0.1) is 35.0 Å². The molecule has 0 saturated carbocycles. The molecule has 16 rings (SSSR count). The van der Waals surface area contributed by atoms with Crippen molar-refractivity contribution in [2.45, 2.75) is 110 Å². The second kappa shape index (κ2) is 37.4. The fourth-order valence-corrected chi connectivity index (χ4v) is 17.6. The minimum absolute atomic E-state index is 0.104. The highest BCUT2D eigenvalue weighted by Crippen LogP contribution is 2.54. The SMILES string of the molecule is COc1ccc(C(Nc2ccn(C3O[C@H](C=O)[C@@H](OC(c4ccccc4)(c4ccccc4)c4ccc(OC)cc4)C3(F)F)c(=O)n2)(c2ccccc2)c2ccccc2)cc1.COc1ccc(C(Nc2ccn(C3O[C@H](CO[Si](C)(C)C(C)(C)C)[C@@H](OC(c4ccccc4)(c4ccccc4)c4ccc(OC)cc4)C3(F)F)c(=O)n2)(c2ccccc2)c2ccccc2)cc1. The van der Waals surface area contributed by atoms with Crippen LogP contribution in [-0.2, 0) is 50.4 Å². The van der Waals surface area contributed by atoms with Crippen molar-refractivity contribution < 1.29 is 64.7 Å². The van der Waals surface area contributed by atoms with Crippen LogP contribution >= 0.6 is 0 Å². The number of alkyl halides is 4. The molecule has 2 aliphatic heterocycles. The Morgan fingerprint density at radius 2 is 0.622 bits per heavy atom. The highest BCUT2D eigenvalue weighted by molar-refractivity contribution is 6.74. The minimum atomic E-state index is -3.94. The molecule has 18 nitrogen and oxygen atoms in total. The molecule has 2 saturated heterocycles. The van der Waals surface area contributed by atoms with E-state index < -0.39 is 90.7 Å². The van der Waals surface area contributed by atoms with E-state index >= 15 is 17.6 Å². The Morgan fingerprint density at radius 1 is 0.370 bits per heavy atom. The Morgan fingerprint density at radius 3 is 0.898 bits per heavy atom. The van der Waals surface area contributed by atoms with Crippen LogP contribution in [0.25, 0.3) is 0 Å². The van der Waals surface area contributed by atoms with Gasteiger partial charge in [-0.3, -0.25) is 9.13 Å². The first kappa shape index (κ1) is 88.5. The van der Waals surface area contributed by atoms with Crippen LogP contribution in [0, 0.1) is 0 Å². The van der Waals surface area contributed by atoms with Gasteiger partial charge in [0.2, 0.25) is 12.5 Å². The fourth-order valence-electron chi connectivity index (χ4n) is 16.6. The molecule has 0 radical (unpaired) electrons. The quantitative estimate of drug-likeness (QED) is 0.0187. The average Bonchev–Trinajstić information content (AvgIpc) is 1.68. The van der Waals surface area contributed by atoms with Crippen LogP contribution in [0.3, 0.4) is 0 Å². The summed E-state index contributed by atoms with van der Waals surface area (Å²) in [5.74, 6) is -5.04. The molecule has 12 aromatic carbocycles. The van der Waals surface area contributed by atoms with Gasteiger partial charge in [-0.05, 0) is 146 Å². The number of halogens is 4. The largest absolute Gasteiger partial charge is 0.497 e. The predicted octanol–water partition coefficient (Wildman–Crippen LogP) is 20.4. The van der Waals surface area contributed by atoms with Crippen LogP contribution < -0.4 is 41.0 Å². The first-order chi connectivity index (χ1) is 61.4. The van der Waals surface area contributed by atoms with Gasteiger partial charge >= 0.3 is 23.2 Å². The van der Waals surface area contributed by atoms with E-state index in [1.807, 2.05) is 255 Å². The van der Waals surface area contributed by atoms with Crippen molar-refractivity contribution in [2.24, 2.45) is 0 Å². The number of rotatable bonds is 30. The van der Waals surface area contributed by atoms with Gasteiger partial charge in [-0.1, -0.05) is 312 Å². The number of anilines is 2. The van der Waals surface area contributed by atoms with Gasteiger partial charge in [-0.2, -0.15) is 27.5 Å². The second-order valence-corrected chi connectivity index (χ2v) is 37.4. The summed E-state index contributed by atoms with van der Waals surface area (Å²) in [6.07, 6.45) is -8.79.